The summed E-state index contributed by atoms with van der Waals surface area (Å²) >= 11 is 0. The molecule has 1 aromatic rings. The SMILES string of the molecule is CC(C)C(=O)CC(=O)OCC1CCCN1C(=O)OCc1ccccc1. The van der Waals surface area contributed by atoms with Crippen molar-refractivity contribution < 1.29 is 23.9 Å². The van der Waals surface area contributed by atoms with Gasteiger partial charge in [0.1, 0.15) is 25.4 Å². The van der Waals surface area contributed by atoms with E-state index in [1.54, 1.807) is 18.7 Å². The standard InChI is InChI=1S/C19H25NO5/c1-14(2)17(21)11-18(22)24-13-16-9-6-10-20(16)19(23)25-12-15-7-4-3-5-8-15/h3-5,7-8,14,16H,6,9-13H2,1-2H3. The third kappa shape index (κ3) is 5.89. The molecule has 1 aliphatic heterocycles. The van der Waals surface area contributed by atoms with Gasteiger partial charge in [0, 0.05) is 12.5 Å². The predicted molar refractivity (Wildman–Crippen MR) is 91.8 cm³/mol. The zero-order valence-electron chi connectivity index (χ0n) is 14.8. The van der Waals surface area contributed by atoms with Gasteiger partial charge in [-0.05, 0) is 18.4 Å². The van der Waals surface area contributed by atoms with Crippen LogP contribution in [0.15, 0.2) is 30.3 Å². The fourth-order valence-electron chi connectivity index (χ4n) is 2.64. The van der Waals surface area contributed by atoms with Gasteiger partial charge in [0.05, 0.1) is 6.04 Å². The first kappa shape index (κ1) is 19.0. The van der Waals surface area contributed by atoms with Crippen molar-refractivity contribution in [2.24, 2.45) is 5.92 Å². The lowest BCUT2D eigenvalue weighted by molar-refractivity contribution is -0.147. The zero-order valence-corrected chi connectivity index (χ0v) is 14.8. The fraction of sp³-hybridized carbons (Fsp3) is 0.526. The van der Waals surface area contributed by atoms with Gasteiger partial charge in [-0.25, -0.2) is 4.79 Å². The Hall–Kier alpha value is -2.37. The summed E-state index contributed by atoms with van der Waals surface area (Å²) in [6, 6.07) is 9.27. The molecule has 0 aromatic heterocycles. The van der Waals surface area contributed by atoms with Gasteiger partial charge in [-0.3, -0.25) is 9.59 Å². The van der Waals surface area contributed by atoms with E-state index >= 15 is 0 Å². The number of ketones is 1. The molecule has 0 saturated carbocycles. The van der Waals surface area contributed by atoms with Crippen molar-refractivity contribution >= 4 is 17.8 Å². The van der Waals surface area contributed by atoms with Gasteiger partial charge in [0.15, 0.2) is 0 Å². The molecule has 2 rings (SSSR count). The molecule has 1 aromatic carbocycles. The predicted octanol–water partition coefficient (Wildman–Crippen LogP) is 2.95. The Kier molecular flexibility index (Phi) is 6.98. The van der Waals surface area contributed by atoms with Gasteiger partial charge in [0.25, 0.3) is 0 Å². The Morgan fingerprint density at radius 3 is 2.56 bits per heavy atom. The molecule has 0 aliphatic carbocycles. The van der Waals surface area contributed by atoms with Crippen LogP contribution in [0.4, 0.5) is 4.79 Å². The van der Waals surface area contributed by atoms with Crippen LogP contribution in [0.1, 0.15) is 38.7 Å². The number of amides is 1. The number of hydrogen-bond acceptors (Lipinski definition) is 5. The van der Waals surface area contributed by atoms with Gasteiger partial charge < -0.3 is 14.4 Å². The summed E-state index contributed by atoms with van der Waals surface area (Å²) in [5.74, 6) is -0.873. The van der Waals surface area contributed by atoms with Crippen molar-refractivity contribution in [2.75, 3.05) is 13.2 Å². The van der Waals surface area contributed by atoms with Crippen LogP contribution >= 0.6 is 0 Å². The number of benzene rings is 1. The highest BCUT2D eigenvalue weighted by Gasteiger charge is 2.31. The second kappa shape index (κ2) is 9.20. The average molecular weight is 347 g/mol. The van der Waals surface area contributed by atoms with Crippen LogP contribution in [0.5, 0.6) is 0 Å². The average Bonchev–Trinajstić information content (AvgIpc) is 3.07. The van der Waals surface area contributed by atoms with E-state index in [1.807, 2.05) is 30.3 Å². The van der Waals surface area contributed by atoms with E-state index in [1.165, 1.54) is 0 Å². The minimum atomic E-state index is -0.539. The van der Waals surface area contributed by atoms with E-state index in [9.17, 15) is 14.4 Å². The van der Waals surface area contributed by atoms with Gasteiger partial charge in [-0.1, -0.05) is 44.2 Å². The van der Waals surface area contributed by atoms with Crippen molar-refractivity contribution in [3.05, 3.63) is 35.9 Å². The van der Waals surface area contributed by atoms with Gasteiger partial charge in [0.2, 0.25) is 0 Å². The molecule has 1 fully saturated rings. The quantitative estimate of drug-likeness (QED) is 0.560. The number of rotatable bonds is 7. The number of likely N-dealkylation sites (tertiary alicyclic amines) is 1. The number of esters is 1. The van der Waals surface area contributed by atoms with Gasteiger partial charge >= 0.3 is 12.1 Å². The molecule has 0 N–H and O–H groups in total. The molecule has 136 valence electrons. The summed E-state index contributed by atoms with van der Waals surface area (Å²) in [6.07, 6.45) is 0.975. The molecule has 6 heteroatoms. The van der Waals surface area contributed by atoms with Crippen LogP contribution < -0.4 is 0 Å². The van der Waals surface area contributed by atoms with Crippen molar-refractivity contribution in [3.8, 4) is 0 Å². The summed E-state index contributed by atoms with van der Waals surface area (Å²) in [5, 5.41) is 0. The first-order valence-corrected chi connectivity index (χ1v) is 8.63. The van der Waals surface area contributed by atoms with Crippen LogP contribution in [-0.2, 0) is 25.7 Å². The van der Waals surface area contributed by atoms with Crippen LogP contribution in [0, 0.1) is 5.92 Å². The summed E-state index contributed by atoms with van der Waals surface area (Å²) < 4.78 is 10.5. The molecule has 1 atom stereocenters. The maximum atomic E-state index is 12.2. The minimum absolute atomic E-state index is 0.102. The van der Waals surface area contributed by atoms with Gasteiger partial charge in [-0.15, -0.1) is 0 Å². The van der Waals surface area contributed by atoms with Crippen LogP contribution in [0.3, 0.4) is 0 Å². The number of Topliss-reactive ketones (excluding diaryl/α,β-unsaturated/α-hetero) is 1. The molecular formula is C19H25NO5. The molecule has 1 saturated heterocycles. The smallest absolute Gasteiger partial charge is 0.410 e. The molecule has 25 heavy (non-hydrogen) atoms. The Labute approximate surface area is 148 Å². The summed E-state index contributed by atoms with van der Waals surface area (Å²) in [6.45, 7) is 4.39. The minimum Gasteiger partial charge on any atom is -0.463 e. The Bertz CT molecular complexity index is 599. The highest BCUT2D eigenvalue weighted by Crippen LogP contribution is 2.19. The molecule has 1 amide bonds. The lowest BCUT2D eigenvalue weighted by atomic mass is 10.1. The molecule has 1 unspecified atom stereocenters. The number of carbonyl (C=O) groups excluding carboxylic acids is 3. The molecule has 0 radical (unpaired) electrons. The molecular weight excluding hydrogens is 322 g/mol. The Balaban J connectivity index is 1.78. The summed E-state index contributed by atoms with van der Waals surface area (Å²) in [4.78, 5) is 37.1. The largest absolute Gasteiger partial charge is 0.463 e. The van der Waals surface area contributed by atoms with Crippen molar-refractivity contribution in [2.45, 2.75) is 45.8 Å². The molecule has 1 heterocycles. The van der Waals surface area contributed by atoms with Gasteiger partial charge in [-0.2, -0.15) is 0 Å². The summed E-state index contributed by atoms with van der Waals surface area (Å²) in [7, 11) is 0. The number of hydrogen-bond donors (Lipinski definition) is 0. The topological polar surface area (TPSA) is 72.9 Å². The van der Waals surface area contributed by atoms with Crippen LogP contribution in [0.2, 0.25) is 0 Å². The molecule has 0 spiro atoms. The first-order valence-electron chi connectivity index (χ1n) is 8.63. The maximum Gasteiger partial charge on any atom is 0.410 e. The fourth-order valence-corrected chi connectivity index (χ4v) is 2.64. The van der Waals surface area contributed by atoms with Crippen LogP contribution in [-0.4, -0.2) is 41.9 Å². The molecule has 0 bridgehead atoms. The highest BCUT2D eigenvalue weighted by molar-refractivity contribution is 5.96. The van der Waals surface area contributed by atoms with Crippen molar-refractivity contribution in [1.29, 1.82) is 0 Å². The van der Waals surface area contributed by atoms with E-state index in [0.717, 1.165) is 18.4 Å². The normalized spacial score (nSPS) is 16.8. The molecule has 6 nitrogen and oxygen atoms in total. The van der Waals surface area contributed by atoms with E-state index in [2.05, 4.69) is 0 Å². The van der Waals surface area contributed by atoms with E-state index in [4.69, 9.17) is 9.47 Å². The number of nitrogens with zero attached hydrogens (tertiary/aromatic N) is 1. The van der Waals surface area contributed by atoms with E-state index in [0.29, 0.717) is 6.54 Å². The van der Waals surface area contributed by atoms with Crippen molar-refractivity contribution in [3.63, 3.8) is 0 Å². The van der Waals surface area contributed by atoms with E-state index < -0.39 is 12.1 Å². The third-order valence-electron chi connectivity index (χ3n) is 4.22. The van der Waals surface area contributed by atoms with Crippen LogP contribution in [0.25, 0.3) is 0 Å². The maximum absolute atomic E-state index is 12.2. The highest BCUT2D eigenvalue weighted by atomic mass is 16.6. The number of carbonyl (C=O) groups is 3. The second-order valence-corrected chi connectivity index (χ2v) is 6.51. The van der Waals surface area contributed by atoms with Crippen molar-refractivity contribution in [1.82, 2.24) is 4.90 Å². The Morgan fingerprint density at radius 2 is 1.88 bits per heavy atom. The van der Waals surface area contributed by atoms with E-state index in [-0.39, 0.29) is 37.4 Å². The number of ether oxygens (including phenoxy) is 2. The monoisotopic (exact) mass is 347 g/mol. The first-order chi connectivity index (χ1) is 12.0. The lowest BCUT2D eigenvalue weighted by Gasteiger charge is -2.23. The lowest BCUT2D eigenvalue weighted by Crippen LogP contribution is -2.39. The third-order valence-corrected chi connectivity index (χ3v) is 4.22. The molecule has 1 aliphatic rings. The second-order valence-electron chi connectivity index (χ2n) is 6.51. The Morgan fingerprint density at radius 1 is 1.16 bits per heavy atom. The summed E-state index contributed by atoms with van der Waals surface area (Å²) in [5.41, 5.74) is 0.922. The zero-order chi connectivity index (χ0) is 18.2.